The molecule has 2 heterocycles. The van der Waals surface area contributed by atoms with Crippen molar-refractivity contribution in [3.05, 3.63) is 71.3 Å². The molecule has 0 aliphatic carbocycles. The molecule has 4 rings (SSSR count). The number of benzene rings is 2. The van der Waals surface area contributed by atoms with Crippen molar-refractivity contribution in [2.45, 2.75) is 24.2 Å². The fraction of sp³-hybridized carbons (Fsp3) is 0.333. The van der Waals surface area contributed by atoms with Crippen molar-refractivity contribution in [1.82, 2.24) is 0 Å². The first-order chi connectivity index (χ1) is 13.2. The second kappa shape index (κ2) is 7.50. The molecule has 0 radical (unpaired) electrons. The predicted octanol–water partition coefficient (Wildman–Crippen LogP) is 2.58. The number of esters is 2. The van der Waals surface area contributed by atoms with Gasteiger partial charge in [-0.2, -0.15) is 0 Å². The molecule has 2 aromatic carbocycles. The minimum atomic E-state index is -0.465. The Kier molecular flexibility index (Phi) is 4.92. The molecule has 2 aromatic rings. The van der Waals surface area contributed by atoms with Crippen LogP contribution in [0.25, 0.3) is 0 Å². The molecular weight excluding hydrogens is 348 g/mol. The van der Waals surface area contributed by atoms with Gasteiger partial charge in [-0.15, -0.1) is 0 Å². The van der Waals surface area contributed by atoms with E-state index >= 15 is 0 Å². The smallest absolute Gasteiger partial charge is 0.338 e. The van der Waals surface area contributed by atoms with Crippen molar-refractivity contribution in [1.29, 1.82) is 0 Å². The molecule has 2 aliphatic rings. The second-order valence-corrected chi connectivity index (χ2v) is 6.63. The van der Waals surface area contributed by atoms with Gasteiger partial charge >= 0.3 is 11.9 Å². The van der Waals surface area contributed by atoms with Gasteiger partial charge in [-0.1, -0.05) is 30.3 Å². The first-order valence-corrected chi connectivity index (χ1v) is 8.85. The van der Waals surface area contributed by atoms with Gasteiger partial charge in [0.05, 0.1) is 37.6 Å². The number of hydrogen-bond acceptors (Lipinski definition) is 6. The molecule has 4 atom stereocenters. The number of rotatable bonds is 4. The lowest BCUT2D eigenvalue weighted by Gasteiger charge is -2.17. The van der Waals surface area contributed by atoms with Crippen molar-refractivity contribution < 1.29 is 28.5 Å². The van der Waals surface area contributed by atoms with Crippen LogP contribution in [0.5, 0.6) is 0 Å². The molecule has 2 fully saturated rings. The summed E-state index contributed by atoms with van der Waals surface area (Å²) in [4.78, 5) is 23.9. The molecule has 0 aromatic heterocycles. The van der Waals surface area contributed by atoms with Crippen LogP contribution in [0.15, 0.2) is 54.6 Å². The summed E-state index contributed by atoms with van der Waals surface area (Å²) in [6, 6.07) is 16.2. The van der Waals surface area contributed by atoms with Gasteiger partial charge in [-0.05, 0) is 29.8 Å². The van der Waals surface area contributed by atoms with E-state index in [1.165, 1.54) is 19.2 Å². The molecule has 0 spiro atoms. The largest absolute Gasteiger partial charge is 0.465 e. The second-order valence-electron chi connectivity index (χ2n) is 6.63. The average molecular weight is 368 g/mol. The predicted molar refractivity (Wildman–Crippen MR) is 95.6 cm³/mol. The van der Waals surface area contributed by atoms with Crippen molar-refractivity contribution >= 4 is 11.9 Å². The van der Waals surface area contributed by atoms with Gasteiger partial charge in [0.2, 0.25) is 0 Å². The summed E-state index contributed by atoms with van der Waals surface area (Å²) >= 11 is 0. The summed E-state index contributed by atoms with van der Waals surface area (Å²) in [6.45, 7) is 0.853. The lowest BCUT2D eigenvalue weighted by atomic mass is 9.93. The molecule has 0 saturated carbocycles. The molecule has 6 nitrogen and oxygen atoms in total. The highest BCUT2D eigenvalue weighted by molar-refractivity contribution is 5.93. The summed E-state index contributed by atoms with van der Waals surface area (Å²) < 4.78 is 22.1. The van der Waals surface area contributed by atoms with Crippen LogP contribution >= 0.6 is 0 Å². The fourth-order valence-corrected chi connectivity index (χ4v) is 3.62. The monoisotopic (exact) mass is 368 g/mol. The normalized spacial score (nSPS) is 26.4. The van der Waals surface area contributed by atoms with E-state index in [0.29, 0.717) is 24.3 Å². The summed E-state index contributed by atoms with van der Waals surface area (Å²) in [5.74, 6) is -0.778. The third kappa shape index (κ3) is 3.46. The van der Waals surface area contributed by atoms with E-state index in [9.17, 15) is 9.59 Å². The third-order valence-electron chi connectivity index (χ3n) is 5.04. The van der Waals surface area contributed by atoms with E-state index in [2.05, 4.69) is 16.9 Å². The van der Waals surface area contributed by atoms with Crippen LogP contribution in [0.4, 0.5) is 0 Å². The van der Waals surface area contributed by atoms with Crippen LogP contribution in [-0.2, 0) is 18.9 Å². The molecule has 0 N–H and O–H groups in total. The topological polar surface area (TPSA) is 71.1 Å². The van der Waals surface area contributed by atoms with Gasteiger partial charge < -0.3 is 18.9 Å². The SMILES string of the molecule is COC(=O)c1ccc(C(=O)O[C@H]2COC3C2OC[C@H]3c2ccccc2)cc1. The average Bonchev–Trinajstić information content (AvgIpc) is 3.31. The minimum Gasteiger partial charge on any atom is -0.465 e. The molecule has 140 valence electrons. The third-order valence-corrected chi connectivity index (χ3v) is 5.04. The molecular formula is C21H20O6. The van der Waals surface area contributed by atoms with E-state index < -0.39 is 18.0 Å². The Balaban J connectivity index is 1.41. The van der Waals surface area contributed by atoms with Gasteiger partial charge in [-0.3, -0.25) is 0 Å². The lowest BCUT2D eigenvalue weighted by Crippen LogP contribution is -2.32. The maximum absolute atomic E-state index is 12.4. The van der Waals surface area contributed by atoms with Crippen molar-refractivity contribution in [3.63, 3.8) is 0 Å². The zero-order valence-electron chi connectivity index (χ0n) is 14.9. The van der Waals surface area contributed by atoms with Crippen LogP contribution < -0.4 is 0 Å². The van der Waals surface area contributed by atoms with Crippen molar-refractivity contribution in [3.8, 4) is 0 Å². The fourth-order valence-electron chi connectivity index (χ4n) is 3.62. The van der Waals surface area contributed by atoms with E-state index in [0.717, 1.165) is 5.56 Å². The Bertz CT molecular complexity index is 816. The van der Waals surface area contributed by atoms with Crippen LogP contribution in [0.2, 0.25) is 0 Å². The summed E-state index contributed by atoms with van der Waals surface area (Å²) in [5, 5.41) is 0. The molecule has 6 heteroatoms. The maximum Gasteiger partial charge on any atom is 0.338 e. The van der Waals surface area contributed by atoms with E-state index in [1.54, 1.807) is 12.1 Å². The molecule has 0 amide bonds. The first kappa shape index (κ1) is 17.7. The van der Waals surface area contributed by atoms with Crippen LogP contribution in [0, 0.1) is 0 Å². The molecule has 0 bridgehead atoms. The highest BCUT2D eigenvalue weighted by atomic mass is 16.6. The lowest BCUT2D eigenvalue weighted by molar-refractivity contribution is -0.0152. The summed E-state index contributed by atoms with van der Waals surface area (Å²) in [7, 11) is 1.31. The van der Waals surface area contributed by atoms with Gasteiger partial charge in [0.1, 0.15) is 6.10 Å². The number of fused-ring (bicyclic) bond motifs is 1. The Labute approximate surface area is 157 Å². The van der Waals surface area contributed by atoms with Crippen molar-refractivity contribution in [2.75, 3.05) is 20.3 Å². The number of methoxy groups -OCH3 is 1. The summed E-state index contributed by atoms with van der Waals surface area (Å²) in [5.41, 5.74) is 1.90. The van der Waals surface area contributed by atoms with Gasteiger partial charge in [0.15, 0.2) is 6.10 Å². The Morgan fingerprint density at radius 3 is 2.15 bits per heavy atom. The maximum atomic E-state index is 12.4. The molecule has 27 heavy (non-hydrogen) atoms. The van der Waals surface area contributed by atoms with Gasteiger partial charge in [0, 0.05) is 5.92 Å². The van der Waals surface area contributed by atoms with E-state index in [1.807, 2.05) is 18.2 Å². The number of hydrogen-bond donors (Lipinski definition) is 0. The number of carbonyl (C=O) groups excluding carboxylic acids is 2. The zero-order valence-corrected chi connectivity index (χ0v) is 14.9. The Morgan fingerprint density at radius 1 is 0.852 bits per heavy atom. The standard InChI is InChI=1S/C21H20O6/c1-24-20(22)14-7-9-15(10-8-14)21(23)27-17-12-26-18-16(11-25-19(17)18)13-5-3-2-4-6-13/h2-10,16-19H,11-12H2,1H3/t16-,17-,18?,19?/m0/s1. The molecule has 2 saturated heterocycles. The highest BCUT2D eigenvalue weighted by Crippen LogP contribution is 2.38. The van der Waals surface area contributed by atoms with Crippen LogP contribution in [-0.4, -0.2) is 50.6 Å². The van der Waals surface area contributed by atoms with E-state index in [4.69, 9.17) is 14.2 Å². The highest BCUT2D eigenvalue weighted by Gasteiger charge is 2.49. The van der Waals surface area contributed by atoms with Crippen molar-refractivity contribution in [2.24, 2.45) is 0 Å². The molecule has 2 unspecified atom stereocenters. The Hall–Kier alpha value is -2.70. The zero-order chi connectivity index (χ0) is 18.8. The first-order valence-electron chi connectivity index (χ1n) is 8.85. The Morgan fingerprint density at radius 2 is 1.48 bits per heavy atom. The van der Waals surface area contributed by atoms with Gasteiger partial charge in [-0.25, -0.2) is 9.59 Å². The van der Waals surface area contributed by atoms with Gasteiger partial charge in [0.25, 0.3) is 0 Å². The van der Waals surface area contributed by atoms with E-state index in [-0.39, 0.29) is 18.1 Å². The minimum absolute atomic E-state index is 0.119. The number of carbonyl (C=O) groups is 2. The quantitative estimate of drug-likeness (QED) is 0.773. The number of ether oxygens (including phenoxy) is 4. The van der Waals surface area contributed by atoms with Crippen LogP contribution in [0.3, 0.4) is 0 Å². The summed E-state index contributed by atoms with van der Waals surface area (Å²) in [6.07, 6.45) is -0.836. The molecule has 2 aliphatic heterocycles. The van der Waals surface area contributed by atoms with Crippen LogP contribution in [0.1, 0.15) is 32.2 Å².